The summed E-state index contributed by atoms with van der Waals surface area (Å²) in [4.78, 5) is 18.1. The van der Waals surface area contributed by atoms with Crippen LogP contribution in [0, 0.1) is 5.92 Å². The molecule has 2 fully saturated rings. The number of aromatic nitrogens is 2. The van der Waals surface area contributed by atoms with Crippen LogP contribution in [0.1, 0.15) is 63.2 Å². The third-order valence-corrected chi connectivity index (χ3v) is 4.72. The van der Waals surface area contributed by atoms with E-state index in [4.69, 9.17) is 4.52 Å². The van der Waals surface area contributed by atoms with Crippen LogP contribution in [0.25, 0.3) is 0 Å². The van der Waals surface area contributed by atoms with Crippen molar-refractivity contribution < 1.29 is 14.4 Å². The van der Waals surface area contributed by atoms with E-state index in [9.17, 15) is 9.90 Å². The zero-order valence-electron chi connectivity index (χ0n) is 12.3. The number of aliphatic carboxylic acids is 1. The Labute approximate surface area is 124 Å². The van der Waals surface area contributed by atoms with E-state index in [-0.39, 0.29) is 11.8 Å². The minimum atomic E-state index is -0.741. The number of carboxylic acid groups (broad SMARTS) is 1. The highest BCUT2D eigenvalue weighted by molar-refractivity contribution is 5.71. The predicted molar refractivity (Wildman–Crippen MR) is 77.3 cm³/mol. The first-order chi connectivity index (χ1) is 10.3. The van der Waals surface area contributed by atoms with Gasteiger partial charge in [-0.25, -0.2) is 0 Å². The Morgan fingerprint density at radius 1 is 1.10 bits per heavy atom. The smallest absolute Gasteiger partial charge is 0.307 e. The Bertz CT molecular complexity index is 480. The van der Waals surface area contributed by atoms with Gasteiger partial charge in [0.15, 0.2) is 0 Å². The van der Waals surface area contributed by atoms with Crippen LogP contribution in [0.4, 0.5) is 5.95 Å². The number of hydrogen-bond acceptors (Lipinski definition) is 5. The molecule has 3 rings (SSSR count). The number of carbonyl (C=O) groups is 1. The van der Waals surface area contributed by atoms with Gasteiger partial charge >= 0.3 is 5.97 Å². The van der Waals surface area contributed by atoms with Gasteiger partial charge in [-0.05, 0) is 30.8 Å². The molecule has 1 aromatic heterocycles. The van der Waals surface area contributed by atoms with Gasteiger partial charge in [-0.3, -0.25) is 4.79 Å². The summed E-state index contributed by atoms with van der Waals surface area (Å²) >= 11 is 0. The number of carboxylic acids is 1. The zero-order valence-corrected chi connectivity index (χ0v) is 12.3. The van der Waals surface area contributed by atoms with Crippen molar-refractivity contribution in [2.75, 3.05) is 18.0 Å². The molecular formula is C15H23N3O3. The molecule has 0 amide bonds. The Balaban J connectivity index is 1.75. The summed E-state index contributed by atoms with van der Waals surface area (Å²) in [5, 5.41) is 13.5. The number of anilines is 1. The lowest BCUT2D eigenvalue weighted by atomic mass is 9.79. The summed E-state index contributed by atoms with van der Waals surface area (Å²) < 4.78 is 5.41. The van der Waals surface area contributed by atoms with Crippen LogP contribution in [0.15, 0.2) is 4.52 Å². The Kier molecular flexibility index (Phi) is 4.41. The average molecular weight is 293 g/mol. The van der Waals surface area contributed by atoms with Gasteiger partial charge in [0.05, 0.1) is 11.8 Å². The first-order valence-corrected chi connectivity index (χ1v) is 8.07. The molecule has 6 heteroatoms. The van der Waals surface area contributed by atoms with Gasteiger partial charge in [0.25, 0.3) is 5.95 Å². The quantitative estimate of drug-likeness (QED) is 0.923. The normalized spacial score (nSPS) is 27.3. The third-order valence-electron chi connectivity index (χ3n) is 4.72. The second-order valence-corrected chi connectivity index (χ2v) is 6.17. The molecular weight excluding hydrogens is 270 g/mol. The molecule has 2 aliphatic rings. The molecule has 2 unspecified atom stereocenters. The molecule has 0 aromatic carbocycles. The summed E-state index contributed by atoms with van der Waals surface area (Å²) in [6.45, 7) is 1.93. The van der Waals surface area contributed by atoms with Crippen LogP contribution in [-0.2, 0) is 4.79 Å². The second-order valence-electron chi connectivity index (χ2n) is 6.17. The lowest BCUT2D eigenvalue weighted by Gasteiger charge is -2.25. The maximum atomic E-state index is 11.4. The third kappa shape index (κ3) is 3.19. The van der Waals surface area contributed by atoms with E-state index in [1.165, 1.54) is 12.8 Å². The van der Waals surface area contributed by atoms with Gasteiger partial charge in [-0.1, -0.05) is 25.7 Å². The monoisotopic (exact) mass is 293 g/mol. The van der Waals surface area contributed by atoms with Crippen molar-refractivity contribution >= 4 is 11.9 Å². The van der Waals surface area contributed by atoms with Crippen LogP contribution in [0.5, 0.6) is 0 Å². The van der Waals surface area contributed by atoms with E-state index in [1.807, 2.05) is 0 Å². The van der Waals surface area contributed by atoms with Crippen molar-refractivity contribution in [3.8, 4) is 0 Å². The van der Waals surface area contributed by atoms with E-state index in [0.29, 0.717) is 18.3 Å². The molecule has 1 saturated heterocycles. The molecule has 1 aromatic rings. The number of rotatable bonds is 3. The molecule has 1 N–H and O–H groups in total. The molecule has 116 valence electrons. The summed E-state index contributed by atoms with van der Waals surface area (Å²) in [6, 6.07) is 0. The molecule has 0 spiro atoms. The van der Waals surface area contributed by atoms with Crippen molar-refractivity contribution in [3.63, 3.8) is 0 Å². The van der Waals surface area contributed by atoms with E-state index < -0.39 is 5.97 Å². The van der Waals surface area contributed by atoms with Crippen molar-refractivity contribution in [2.45, 2.75) is 57.3 Å². The lowest BCUT2D eigenvalue weighted by molar-refractivity contribution is -0.143. The Hall–Kier alpha value is -1.59. The topological polar surface area (TPSA) is 79.5 Å². The second kappa shape index (κ2) is 6.45. The summed E-state index contributed by atoms with van der Waals surface area (Å²) in [6.07, 6.45) is 8.38. The maximum Gasteiger partial charge on any atom is 0.307 e. The van der Waals surface area contributed by atoms with E-state index >= 15 is 0 Å². The fourth-order valence-electron chi connectivity index (χ4n) is 3.50. The predicted octanol–water partition coefficient (Wildman–Crippen LogP) is 2.81. The zero-order chi connectivity index (χ0) is 14.7. The molecule has 1 saturated carbocycles. The highest BCUT2D eigenvalue weighted by atomic mass is 16.5. The molecule has 2 heterocycles. The number of hydrogen-bond donors (Lipinski definition) is 1. The largest absolute Gasteiger partial charge is 0.481 e. The minimum Gasteiger partial charge on any atom is -0.481 e. The van der Waals surface area contributed by atoms with E-state index in [0.717, 1.165) is 45.2 Å². The van der Waals surface area contributed by atoms with Crippen molar-refractivity contribution in [1.29, 1.82) is 0 Å². The van der Waals surface area contributed by atoms with Crippen LogP contribution in [0.2, 0.25) is 0 Å². The Morgan fingerprint density at radius 3 is 2.52 bits per heavy atom. The highest BCUT2D eigenvalue weighted by Crippen LogP contribution is 2.37. The average Bonchev–Trinajstić information content (AvgIpc) is 2.83. The van der Waals surface area contributed by atoms with Crippen LogP contribution in [0.3, 0.4) is 0 Å². The molecule has 21 heavy (non-hydrogen) atoms. The first-order valence-electron chi connectivity index (χ1n) is 8.07. The van der Waals surface area contributed by atoms with Gasteiger partial charge < -0.3 is 14.5 Å². The highest BCUT2D eigenvalue weighted by Gasteiger charge is 2.36. The van der Waals surface area contributed by atoms with Crippen LogP contribution >= 0.6 is 0 Å². The van der Waals surface area contributed by atoms with Crippen LogP contribution in [-0.4, -0.2) is 34.3 Å². The lowest BCUT2D eigenvalue weighted by Crippen LogP contribution is -2.26. The van der Waals surface area contributed by atoms with E-state index in [1.54, 1.807) is 0 Å². The Morgan fingerprint density at radius 2 is 1.81 bits per heavy atom. The summed E-state index contributed by atoms with van der Waals surface area (Å²) in [5.74, 6) is -0.0853. The molecule has 0 radical (unpaired) electrons. The molecule has 6 nitrogen and oxygen atoms in total. The van der Waals surface area contributed by atoms with Gasteiger partial charge in [-0.2, -0.15) is 4.98 Å². The van der Waals surface area contributed by atoms with Gasteiger partial charge in [0, 0.05) is 13.1 Å². The van der Waals surface area contributed by atoms with Gasteiger partial charge in [-0.15, -0.1) is 0 Å². The van der Waals surface area contributed by atoms with Crippen molar-refractivity contribution in [1.82, 2.24) is 10.1 Å². The van der Waals surface area contributed by atoms with Crippen molar-refractivity contribution in [2.24, 2.45) is 5.92 Å². The summed E-state index contributed by atoms with van der Waals surface area (Å²) in [7, 11) is 0. The maximum absolute atomic E-state index is 11.4. The molecule has 0 bridgehead atoms. The minimum absolute atomic E-state index is 0.121. The molecule has 2 atom stereocenters. The van der Waals surface area contributed by atoms with Crippen LogP contribution < -0.4 is 4.90 Å². The summed E-state index contributed by atoms with van der Waals surface area (Å²) in [5.41, 5.74) is 0. The standard InChI is InChI=1S/C15H23N3O3/c19-14(20)12-8-4-3-7-11(12)13-16-15(17-21-13)18-9-5-1-2-6-10-18/h11-12H,1-10H2,(H,19,20). The number of nitrogens with zero attached hydrogens (tertiary/aromatic N) is 3. The fraction of sp³-hybridized carbons (Fsp3) is 0.800. The van der Waals surface area contributed by atoms with E-state index in [2.05, 4.69) is 15.0 Å². The first kappa shape index (κ1) is 14.4. The molecule has 1 aliphatic carbocycles. The fourth-order valence-corrected chi connectivity index (χ4v) is 3.50. The van der Waals surface area contributed by atoms with Crippen molar-refractivity contribution in [3.05, 3.63) is 5.89 Å². The van der Waals surface area contributed by atoms with Gasteiger partial charge in [0.1, 0.15) is 0 Å². The molecule has 1 aliphatic heterocycles. The SMILES string of the molecule is O=C(O)C1CCCCC1c1nc(N2CCCCCC2)no1. The van der Waals surface area contributed by atoms with Gasteiger partial charge in [0.2, 0.25) is 5.89 Å².